The molecule has 0 heterocycles. The normalized spacial score (nSPS) is 9.72. The monoisotopic (exact) mass is 385 g/mol. The molecule has 0 aromatic heterocycles. The van der Waals surface area contributed by atoms with Gasteiger partial charge in [0.25, 0.3) is 5.91 Å². The number of nitrogens with zero attached hydrogens (tertiary/aromatic N) is 1. The van der Waals surface area contributed by atoms with Gasteiger partial charge in [0.2, 0.25) is 0 Å². The van der Waals surface area contributed by atoms with Gasteiger partial charge in [-0.2, -0.15) is 0 Å². The Balaban J connectivity index is 0.00000288. The Morgan fingerprint density at radius 3 is 2.32 bits per heavy atom. The quantitative estimate of drug-likeness (QED) is 0.718. The molecule has 2 aromatic carbocycles. The molecule has 0 saturated heterocycles. The van der Waals surface area contributed by atoms with Crippen LogP contribution < -0.4 is 15.8 Å². The second-order valence-corrected chi connectivity index (χ2v) is 5.57. The van der Waals surface area contributed by atoms with E-state index in [1.807, 2.05) is 38.4 Å². The van der Waals surface area contributed by atoms with Crippen LogP contribution in [0.25, 0.3) is 0 Å². The maximum Gasteiger partial charge on any atom is 0.253 e. The molecule has 25 heavy (non-hydrogen) atoms. The number of nitrogen functional groups attached to an aromatic ring is 1. The van der Waals surface area contributed by atoms with Crippen LogP contribution in [0.3, 0.4) is 0 Å². The van der Waals surface area contributed by atoms with Crippen molar-refractivity contribution >= 4 is 36.4 Å². The van der Waals surface area contributed by atoms with Crippen LogP contribution in [0.5, 0.6) is 5.75 Å². The molecule has 2 rings (SSSR count). The van der Waals surface area contributed by atoms with Gasteiger partial charge in [0.05, 0.1) is 5.56 Å². The predicted molar refractivity (Wildman–Crippen MR) is 107 cm³/mol. The number of halogens is 2. The fraction of sp³-hybridized carbons (Fsp3) is 0.278. The van der Waals surface area contributed by atoms with Gasteiger partial charge >= 0.3 is 0 Å². The highest BCUT2D eigenvalue weighted by molar-refractivity contribution is 5.98. The summed E-state index contributed by atoms with van der Waals surface area (Å²) in [5, 5.41) is 2.87. The molecular formula is C18H25Cl2N3O2. The number of rotatable bonds is 7. The van der Waals surface area contributed by atoms with E-state index in [1.165, 1.54) is 0 Å². The fourth-order valence-corrected chi connectivity index (χ4v) is 2.03. The van der Waals surface area contributed by atoms with Crippen LogP contribution in [-0.2, 0) is 6.54 Å². The van der Waals surface area contributed by atoms with Crippen LogP contribution in [0.2, 0.25) is 0 Å². The highest BCUT2D eigenvalue weighted by Crippen LogP contribution is 2.13. The van der Waals surface area contributed by atoms with Crippen LogP contribution in [-0.4, -0.2) is 38.1 Å². The molecule has 1 amide bonds. The van der Waals surface area contributed by atoms with Crippen LogP contribution in [0.4, 0.5) is 5.69 Å². The van der Waals surface area contributed by atoms with E-state index in [0.29, 0.717) is 24.4 Å². The number of ether oxygens (including phenoxy) is 1. The summed E-state index contributed by atoms with van der Waals surface area (Å²) in [4.78, 5) is 14.2. The van der Waals surface area contributed by atoms with Gasteiger partial charge in [-0.15, -0.1) is 24.8 Å². The molecule has 0 spiro atoms. The van der Waals surface area contributed by atoms with Crippen molar-refractivity contribution in [3.05, 3.63) is 59.7 Å². The molecule has 0 aliphatic carbocycles. The molecule has 0 aliphatic rings. The summed E-state index contributed by atoms with van der Waals surface area (Å²) >= 11 is 0. The van der Waals surface area contributed by atoms with Crippen molar-refractivity contribution in [1.29, 1.82) is 0 Å². The van der Waals surface area contributed by atoms with E-state index in [9.17, 15) is 4.79 Å². The largest absolute Gasteiger partial charge is 0.492 e. The number of benzene rings is 2. The Kier molecular flexibility index (Phi) is 10.7. The van der Waals surface area contributed by atoms with Crippen LogP contribution in [0.1, 0.15) is 15.9 Å². The lowest BCUT2D eigenvalue weighted by molar-refractivity contribution is 0.0952. The van der Waals surface area contributed by atoms with E-state index in [4.69, 9.17) is 10.5 Å². The summed E-state index contributed by atoms with van der Waals surface area (Å²) in [5.74, 6) is 0.656. The first kappa shape index (κ1) is 23.1. The minimum absolute atomic E-state index is 0. The first-order valence-electron chi connectivity index (χ1n) is 7.55. The lowest BCUT2D eigenvalue weighted by Gasteiger charge is -2.11. The third-order valence-electron chi connectivity index (χ3n) is 3.39. The van der Waals surface area contributed by atoms with E-state index < -0.39 is 0 Å². The summed E-state index contributed by atoms with van der Waals surface area (Å²) in [6.45, 7) is 1.97. The van der Waals surface area contributed by atoms with E-state index in [2.05, 4.69) is 10.2 Å². The van der Waals surface area contributed by atoms with E-state index in [1.54, 1.807) is 24.3 Å². The van der Waals surface area contributed by atoms with Gasteiger partial charge in [-0.3, -0.25) is 4.79 Å². The molecule has 0 bridgehead atoms. The van der Waals surface area contributed by atoms with Gasteiger partial charge in [0.15, 0.2) is 0 Å². The summed E-state index contributed by atoms with van der Waals surface area (Å²) in [5.41, 5.74) is 7.78. The predicted octanol–water partition coefficient (Wildman–Crippen LogP) is 2.98. The van der Waals surface area contributed by atoms with Gasteiger partial charge in [0, 0.05) is 18.8 Å². The van der Waals surface area contributed by atoms with Crippen molar-refractivity contribution in [3.63, 3.8) is 0 Å². The highest BCUT2D eigenvalue weighted by Gasteiger charge is 2.08. The molecule has 5 nitrogen and oxygen atoms in total. The van der Waals surface area contributed by atoms with E-state index in [0.717, 1.165) is 17.9 Å². The zero-order valence-corrected chi connectivity index (χ0v) is 16.0. The van der Waals surface area contributed by atoms with Gasteiger partial charge in [-0.05, 0) is 43.9 Å². The van der Waals surface area contributed by atoms with Crippen molar-refractivity contribution in [2.45, 2.75) is 6.54 Å². The molecule has 7 heteroatoms. The van der Waals surface area contributed by atoms with Crippen LogP contribution in [0, 0.1) is 0 Å². The number of likely N-dealkylation sites (N-methyl/N-ethyl adjacent to an activating group) is 1. The number of amides is 1. The smallest absolute Gasteiger partial charge is 0.253 e. The Hall–Kier alpha value is -1.95. The molecule has 0 aliphatic heterocycles. The Labute approximate surface area is 161 Å². The molecule has 3 N–H and O–H groups in total. The van der Waals surface area contributed by atoms with E-state index in [-0.39, 0.29) is 30.7 Å². The Morgan fingerprint density at radius 1 is 1.08 bits per heavy atom. The zero-order chi connectivity index (χ0) is 16.7. The number of nitrogens with two attached hydrogens (primary N) is 1. The molecule has 2 aromatic rings. The van der Waals surface area contributed by atoms with Crippen molar-refractivity contribution in [3.8, 4) is 5.75 Å². The van der Waals surface area contributed by atoms with Gasteiger partial charge in [-0.1, -0.05) is 24.3 Å². The van der Waals surface area contributed by atoms with Crippen LogP contribution in [0.15, 0.2) is 48.5 Å². The summed E-state index contributed by atoms with van der Waals surface area (Å²) < 4.78 is 5.64. The van der Waals surface area contributed by atoms with Crippen molar-refractivity contribution in [2.75, 3.05) is 33.0 Å². The maximum atomic E-state index is 12.1. The average molecular weight is 386 g/mol. The Morgan fingerprint density at radius 2 is 1.72 bits per heavy atom. The summed E-state index contributed by atoms with van der Waals surface area (Å²) in [6.07, 6.45) is 0. The topological polar surface area (TPSA) is 67.6 Å². The first-order valence-corrected chi connectivity index (χ1v) is 7.55. The molecule has 0 unspecified atom stereocenters. The number of hydrogen-bond acceptors (Lipinski definition) is 4. The minimum Gasteiger partial charge on any atom is -0.492 e. The van der Waals surface area contributed by atoms with Gasteiger partial charge < -0.3 is 20.7 Å². The molecule has 0 fully saturated rings. The van der Waals surface area contributed by atoms with Crippen molar-refractivity contribution < 1.29 is 9.53 Å². The third kappa shape index (κ3) is 7.65. The number of carbonyl (C=O) groups is 1. The number of para-hydroxylation sites is 1. The van der Waals surface area contributed by atoms with Crippen LogP contribution >= 0.6 is 24.8 Å². The lowest BCUT2D eigenvalue weighted by Crippen LogP contribution is -2.23. The number of nitrogens with one attached hydrogen (secondary N) is 1. The minimum atomic E-state index is -0.172. The number of hydrogen-bond donors (Lipinski definition) is 2. The third-order valence-corrected chi connectivity index (χ3v) is 3.39. The Bertz CT molecular complexity index is 649. The summed E-state index contributed by atoms with van der Waals surface area (Å²) in [7, 11) is 4.02. The second-order valence-electron chi connectivity index (χ2n) is 5.57. The van der Waals surface area contributed by atoms with Crippen molar-refractivity contribution in [1.82, 2.24) is 10.2 Å². The number of anilines is 1. The maximum absolute atomic E-state index is 12.1. The molecular weight excluding hydrogens is 361 g/mol. The average Bonchev–Trinajstić information content (AvgIpc) is 2.54. The summed E-state index contributed by atoms with van der Waals surface area (Å²) in [6, 6.07) is 14.7. The van der Waals surface area contributed by atoms with Gasteiger partial charge in [0.1, 0.15) is 12.4 Å². The number of carbonyl (C=O) groups excluding carboxylic acids is 1. The first-order chi connectivity index (χ1) is 11.1. The fourth-order valence-electron chi connectivity index (χ4n) is 2.03. The molecule has 0 radical (unpaired) electrons. The van der Waals surface area contributed by atoms with Gasteiger partial charge in [-0.25, -0.2) is 0 Å². The van der Waals surface area contributed by atoms with E-state index >= 15 is 0 Å². The molecule has 138 valence electrons. The van der Waals surface area contributed by atoms with Crippen molar-refractivity contribution in [2.24, 2.45) is 0 Å². The zero-order valence-electron chi connectivity index (χ0n) is 14.4. The second kappa shape index (κ2) is 11.6. The SMILES string of the molecule is CN(C)CCOc1ccc(CNC(=O)c2ccccc2N)cc1.Cl.Cl. The highest BCUT2D eigenvalue weighted by atomic mass is 35.5. The molecule has 0 saturated carbocycles. The molecule has 0 atom stereocenters. The lowest BCUT2D eigenvalue weighted by atomic mass is 10.1. The standard InChI is InChI=1S/C18H23N3O2.2ClH/c1-21(2)11-12-23-15-9-7-14(8-10-15)13-20-18(22)16-5-3-4-6-17(16)19;;/h3-10H,11-13,19H2,1-2H3,(H,20,22);2*1H.